The smallest absolute Gasteiger partial charge is 0.210 e. The molecule has 1 fully saturated rings. The standard InChI is InChI=1S/C16H22N4O2S/c1-2-21-13-8-6-12(7-9-13)15-18-19-16(20(15)17)23-11-14-5-3-4-10-22-14/h6-9,14H,2-5,10-11,17H2,1H3. The predicted molar refractivity (Wildman–Crippen MR) is 91.1 cm³/mol. The number of rotatable bonds is 6. The maximum Gasteiger partial charge on any atom is 0.210 e. The minimum absolute atomic E-state index is 0.291. The molecule has 1 atom stereocenters. The second-order valence-electron chi connectivity index (χ2n) is 5.43. The largest absolute Gasteiger partial charge is 0.494 e. The van der Waals surface area contributed by atoms with Crippen LogP contribution < -0.4 is 10.6 Å². The molecule has 0 saturated carbocycles. The SMILES string of the molecule is CCOc1ccc(-c2nnc(SCC3CCCCO3)n2N)cc1. The summed E-state index contributed by atoms with van der Waals surface area (Å²) >= 11 is 1.60. The van der Waals surface area contributed by atoms with Gasteiger partial charge in [-0.3, -0.25) is 0 Å². The molecule has 0 aliphatic carbocycles. The first-order valence-corrected chi connectivity index (χ1v) is 8.94. The van der Waals surface area contributed by atoms with Crippen LogP contribution in [-0.4, -0.2) is 39.9 Å². The van der Waals surface area contributed by atoms with Crippen molar-refractivity contribution in [3.05, 3.63) is 24.3 Å². The number of nitrogens with zero attached hydrogens (tertiary/aromatic N) is 3. The van der Waals surface area contributed by atoms with E-state index in [1.54, 1.807) is 16.4 Å². The molecule has 23 heavy (non-hydrogen) atoms. The molecule has 1 unspecified atom stereocenters. The van der Waals surface area contributed by atoms with Gasteiger partial charge in [-0.15, -0.1) is 10.2 Å². The van der Waals surface area contributed by atoms with E-state index in [4.69, 9.17) is 15.3 Å². The molecule has 1 aromatic carbocycles. The highest BCUT2D eigenvalue weighted by molar-refractivity contribution is 7.99. The van der Waals surface area contributed by atoms with E-state index in [1.807, 2.05) is 31.2 Å². The molecule has 0 spiro atoms. The van der Waals surface area contributed by atoms with Crippen molar-refractivity contribution < 1.29 is 9.47 Å². The number of benzene rings is 1. The third-order valence-corrected chi connectivity index (χ3v) is 4.84. The van der Waals surface area contributed by atoms with Crippen LogP contribution >= 0.6 is 11.8 Å². The number of thioether (sulfide) groups is 1. The molecule has 124 valence electrons. The van der Waals surface area contributed by atoms with E-state index < -0.39 is 0 Å². The second-order valence-corrected chi connectivity index (χ2v) is 6.42. The number of aromatic nitrogens is 3. The van der Waals surface area contributed by atoms with Crippen LogP contribution in [0.25, 0.3) is 11.4 Å². The molecular weight excluding hydrogens is 312 g/mol. The first-order chi connectivity index (χ1) is 11.3. The topological polar surface area (TPSA) is 75.2 Å². The number of hydrogen-bond donors (Lipinski definition) is 1. The highest BCUT2D eigenvalue weighted by atomic mass is 32.2. The van der Waals surface area contributed by atoms with Gasteiger partial charge in [-0.05, 0) is 50.5 Å². The number of nitrogen functional groups attached to an aromatic ring is 1. The molecule has 3 rings (SSSR count). The molecule has 0 amide bonds. The lowest BCUT2D eigenvalue weighted by Gasteiger charge is -2.21. The van der Waals surface area contributed by atoms with Crippen molar-refractivity contribution in [3.8, 4) is 17.1 Å². The Kier molecular flexibility index (Phi) is 5.40. The normalized spacial score (nSPS) is 18.0. The molecule has 6 nitrogen and oxygen atoms in total. The maximum atomic E-state index is 6.15. The van der Waals surface area contributed by atoms with Gasteiger partial charge in [0.15, 0.2) is 5.82 Å². The molecule has 1 aromatic heterocycles. The van der Waals surface area contributed by atoms with E-state index in [2.05, 4.69) is 10.2 Å². The van der Waals surface area contributed by atoms with E-state index in [0.29, 0.717) is 23.7 Å². The van der Waals surface area contributed by atoms with Crippen molar-refractivity contribution in [2.45, 2.75) is 37.4 Å². The Morgan fingerprint density at radius 1 is 1.30 bits per heavy atom. The second kappa shape index (κ2) is 7.70. The van der Waals surface area contributed by atoms with E-state index in [9.17, 15) is 0 Å². The predicted octanol–water partition coefficient (Wildman–Crippen LogP) is 2.72. The van der Waals surface area contributed by atoms with Crippen molar-refractivity contribution in [3.63, 3.8) is 0 Å². The fourth-order valence-electron chi connectivity index (χ4n) is 2.55. The van der Waals surface area contributed by atoms with Crippen LogP contribution in [0.1, 0.15) is 26.2 Å². The van der Waals surface area contributed by atoms with Gasteiger partial charge in [0.1, 0.15) is 5.75 Å². The Labute approximate surface area is 140 Å². The number of ether oxygens (including phenoxy) is 2. The summed E-state index contributed by atoms with van der Waals surface area (Å²) in [5.74, 6) is 8.50. The van der Waals surface area contributed by atoms with Crippen LogP contribution in [-0.2, 0) is 4.74 Å². The Morgan fingerprint density at radius 3 is 2.83 bits per heavy atom. The first-order valence-electron chi connectivity index (χ1n) is 7.96. The van der Waals surface area contributed by atoms with Crippen molar-refractivity contribution in [1.29, 1.82) is 0 Å². The summed E-state index contributed by atoms with van der Waals surface area (Å²) in [4.78, 5) is 0. The molecule has 2 aromatic rings. The van der Waals surface area contributed by atoms with Crippen LogP contribution in [0.4, 0.5) is 0 Å². The summed E-state index contributed by atoms with van der Waals surface area (Å²) in [5.41, 5.74) is 0.921. The molecule has 1 aliphatic heterocycles. The van der Waals surface area contributed by atoms with E-state index in [-0.39, 0.29) is 0 Å². The Morgan fingerprint density at radius 2 is 2.13 bits per heavy atom. The van der Waals surface area contributed by atoms with Gasteiger partial charge < -0.3 is 15.3 Å². The molecule has 1 aliphatic rings. The molecular formula is C16H22N4O2S. The summed E-state index contributed by atoms with van der Waals surface area (Å²) in [7, 11) is 0. The lowest BCUT2D eigenvalue weighted by Crippen LogP contribution is -2.22. The Balaban J connectivity index is 1.66. The van der Waals surface area contributed by atoms with Crippen molar-refractivity contribution in [1.82, 2.24) is 14.9 Å². The average Bonchev–Trinajstić information content (AvgIpc) is 2.96. The zero-order chi connectivity index (χ0) is 16.1. The van der Waals surface area contributed by atoms with Gasteiger partial charge in [-0.25, -0.2) is 4.68 Å². The van der Waals surface area contributed by atoms with Crippen LogP contribution in [0.3, 0.4) is 0 Å². The summed E-state index contributed by atoms with van der Waals surface area (Å²) in [6.07, 6.45) is 3.80. The molecule has 2 heterocycles. The highest BCUT2D eigenvalue weighted by Gasteiger charge is 2.17. The zero-order valence-corrected chi connectivity index (χ0v) is 14.1. The molecule has 7 heteroatoms. The summed E-state index contributed by atoms with van der Waals surface area (Å²) in [6, 6.07) is 7.71. The van der Waals surface area contributed by atoms with Crippen molar-refractivity contribution in [2.75, 3.05) is 24.8 Å². The minimum atomic E-state index is 0.291. The minimum Gasteiger partial charge on any atom is -0.494 e. The van der Waals surface area contributed by atoms with Gasteiger partial charge in [0.2, 0.25) is 5.16 Å². The van der Waals surface area contributed by atoms with Gasteiger partial charge in [0.05, 0.1) is 12.7 Å². The van der Waals surface area contributed by atoms with Crippen LogP contribution in [0, 0.1) is 0 Å². The summed E-state index contributed by atoms with van der Waals surface area (Å²) < 4.78 is 12.7. The average molecular weight is 334 g/mol. The molecule has 1 saturated heterocycles. The lowest BCUT2D eigenvalue weighted by molar-refractivity contribution is 0.0315. The third kappa shape index (κ3) is 3.97. The maximum absolute atomic E-state index is 6.15. The van der Waals surface area contributed by atoms with Gasteiger partial charge >= 0.3 is 0 Å². The van der Waals surface area contributed by atoms with E-state index in [1.165, 1.54) is 6.42 Å². The quantitative estimate of drug-likeness (QED) is 0.647. The lowest BCUT2D eigenvalue weighted by atomic mass is 10.1. The van der Waals surface area contributed by atoms with Crippen LogP contribution in [0.5, 0.6) is 5.75 Å². The van der Waals surface area contributed by atoms with Crippen LogP contribution in [0.15, 0.2) is 29.4 Å². The Bertz CT molecular complexity index is 624. The first kappa shape index (κ1) is 16.1. The fraction of sp³-hybridized carbons (Fsp3) is 0.500. The van der Waals surface area contributed by atoms with Gasteiger partial charge in [-0.2, -0.15) is 0 Å². The van der Waals surface area contributed by atoms with E-state index >= 15 is 0 Å². The van der Waals surface area contributed by atoms with Gasteiger partial charge in [0.25, 0.3) is 0 Å². The summed E-state index contributed by atoms with van der Waals surface area (Å²) in [5, 5.41) is 9.12. The highest BCUT2D eigenvalue weighted by Crippen LogP contribution is 2.25. The van der Waals surface area contributed by atoms with Crippen LogP contribution in [0.2, 0.25) is 0 Å². The van der Waals surface area contributed by atoms with Gasteiger partial charge in [-0.1, -0.05) is 11.8 Å². The third-order valence-electron chi connectivity index (χ3n) is 3.76. The van der Waals surface area contributed by atoms with Crippen molar-refractivity contribution in [2.24, 2.45) is 0 Å². The fourth-order valence-corrected chi connectivity index (χ4v) is 3.47. The van der Waals surface area contributed by atoms with E-state index in [0.717, 1.165) is 36.5 Å². The molecule has 0 radical (unpaired) electrons. The Hall–Kier alpha value is -1.73. The number of hydrogen-bond acceptors (Lipinski definition) is 6. The zero-order valence-electron chi connectivity index (χ0n) is 13.3. The molecule has 0 bridgehead atoms. The van der Waals surface area contributed by atoms with Crippen molar-refractivity contribution >= 4 is 11.8 Å². The molecule has 2 N–H and O–H groups in total. The monoisotopic (exact) mass is 334 g/mol. The summed E-state index contributed by atoms with van der Waals surface area (Å²) in [6.45, 7) is 3.47. The van der Waals surface area contributed by atoms with Gasteiger partial charge in [0, 0.05) is 17.9 Å². The number of nitrogens with two attached hydrogens (primary N) is 1.